The molecule has 1 amide bonds. The van der Waals surface area contributed by atoms with Crippen LogP contribution in [0.15, 0.2) is 22.9 Å². The van der Waals surface area contributed by atoms with Gasteiger partial charge in [-0.15, -0.1) is 0 Å². The van der Waals surface area contributed by atoms with E-state index in [1.165, 1.54) is 18.5 Å². The molecule has 3 rings (SSSR count). The fourth-order valence-electron chi connectivity index (χ4n) is 3.09. The van der Waals surface area contributed by atoms with Crippen LogP contribution < -0.4 is 10.2 Å². The van der Waals surface area contributed by atoms with Gasteiger partial charge in [-0.1, -0.05) is 13.8 Å². The first-order valence-corrected chi connectivity index (χ1v) is 9.40. The van der Waals surface area contributed by atoms with Crippen LogP contribution in [0, 0.1) is 23.1 Å². The second-order valence-corrected chi connectivity index (χ2v) is 7.65. The Balaban J connectivity index is 1.74. The van der Waals surface area contributed by atoms with Crippen molar-refractivity contribution in [1.29, 1.82) is 5.41 Å². The minimum atomic E-state index is -0.339. The number of anilines is 1. The number of hydrogen-bond donors (Lipinski definition) is 2. The van der Waals surface area contributed by atoms with Gasteiger partial charge in [0, 0.05) is 34.8 Å². The highest BCUT2D eigenvalue weighted by atomic mass is 79.9. The number of benzene rings is 1. The van der Waals surface area contributed by atoms with Crippen molar-refractivity contribution in [2.45, 2.75) is 26.7 Å². The number of rotatable bonds is 3. The number of fused-ring (bicyclic) bond motifs is 1. The number of halogens is 2. The fraction of sp³-hybridized carbons (Fsp3) is 0.444. The number of nitrogens with one attached hydrogen (secondary N) is 2. The maximum absolute atomic E-state index is 13.8. The molecule has 138 valence electrons. The second kappa shape index (κ2) is 7.65. The number of hydrogen-bond acceptors (Lipinski definition) is 5. The van der Waals surface area contributed by atoms with Crippen molar-refractivity contribution in [3.63, 3.8) is 0 Å². The third kappa shape index (κ3) is 3.85. The first kappa shape index (κ1) is 18.7. The first-order chi connectivity index (χ1) is 12.4. The molecule has 1 aliphatic rings. The van der Waals surface area contributed by atoms with E-state index in [-0.39, 0.29) is 29.4 Å². The van der Waals surface area contributed by atoms with Gasteiger partial charge in [0.2, 0.25) is 5.91 Å². The largest absolute Gasteiger partial charge is 0.356 e. The van der Waals surface area contributed by atoms with Crippen molar-refractivity contribution in [3.8, 4) is 0 Å². The van der Waals surface area contributed by atoms with Crippen LogP contribution in [-0.2, 0) is 4.79 Å². The van der Waals surface area contributed by atoms with Crippen LogP contribution in [0.25, 0.3) is 10.9 Å². The van der Waals surface area contributed by atoms with E-state index < -0.39 is 0 Å². The van der Waals surface area contributed by atoms with Crippen LogP contribution in [-0.4, -0.2) is 34.8 Å². The Labute approximate surface area is 159 Å². The lowest BCUT2D eigenvalue weighted by molar-refractivity contribution is -0.122. The number of amidine groups is 1. The van der Waals surface area contributed by atoms with Gasteiger partial charge in [-0.3, -0.25) is 10.2 Å². The molecule has 6 nitrogen and oxygen atoms in total. The van der Waals surface area contributed by atoms with Gasteiger partial charge >= 0.3 is 0 Å². The Morgan fingerprint density at radius 2 is 2.04 bits per heavy atom. The zero-order valence-electron chi connectivity index (χ0n) is 14.7. The zero-order chi connectivity index (χ0) is 18.8. The highest BCUT2D eigenvalue weighted by molar-refractivity contribution is 9.10. The summed E-state index contributed by atoms with van der Waals surface area (Å²) in [7, 11) is 0. The smallest absolute Gasteiger partial charge is 0.227 e. The molecule has 1 saturated heterocycles. The molecular formula is C18H21BrFN5O. The normalized spacial score (nSPS) is 15.5. The molecule has 0 bridgehead atoms. The van der Waals surface area contributed by atoms with Crippen LogP contribution in [0.1, 0.15) is 26.7 Å². The lowest BCUT2D eigenvalue weighted by Crippen LogP contribution is -2.43. The summed E-state index contributed by atoms with van der Waals surface area (Å²) >= 11 is 3.35. The summed E-state index contributed by atoms with van der Waals surface area (Å²) < 4.78 is 14.4. The molecule has 0 saturated carbocycles. The van der Waals surface area contributed by atoms with E-state index in [2.05, 4.69) is 36.1 Å². The lowest BCUT2D eigenvalue weighted by atomic mass is 9.95. The number of carbonyl (C=O) groups excluding carboxylic acids is 1. The van der Waals surface area contributed by atoms with Gasteiger partial charge in [0.1, 0.15) is 23.8 Å². The van der Waals surface area contributed by atoms with E-state index in [9.17, 15) is 9.18 Å². The Morgan fingerprint density at radius 3 is 2.69 bits per heavy atom. The summed E-state index contributed by atoms with van der Waals surface area (Å²) in [5.74, 6) is 0.394. The van der Waals surface area contributed by atoms with E-state index >= 15 is 0 Å². The summed E-state index contributed by atoms with van der Waals surface area (Å²) in [6.07, 6.45) is 2.95. The van der Waals surface area contributed by atoms with Gasteiger partial charge < -0.3 is 10.2 Å². The van der Waals surface area contributed by atoms with E-state index in [0.29, 0.717) is 34.3 Å². The predicted molar refractivity (Wildman–Crippen MR) is 103 cm³/mol. The minimum absolute atomic E-state index is 0.0190. The SMILES string of the molecule is CC(C)C(=O)NC(=N)C1CCN(c2ncnc3c(Br)cc(F)cc23)CC1. The molecule has 0 aliphatic carbocycles. The summed E-state index contributed by atoms with van der Waals surface area (Å²) in [5, 5.41) is 11.5. The topological polar surface area (TPSA) is 82.0 Å². The van der Waals surface area contributed by atoms with E-state index in [0.717, 1.165) is 12.8 Å². The van der Waals surface area contributed by atoms with E-state index in [4.69, 9.17) is 5.41 Å². The van der Waals surface area contributed by atoms with Crippen LogP contribution >= 0.6 is 15.9 Å². The van der Waals surface area contributed by atoms with Gasteiger partial charge in [0.15, 0.2) is 0 Å². The molecule has 0 spiro atoms. The number of nitrogens with zero attached hydrogens (tertiary/aromatic N) is 3. The molecular weight excluding hydrogens is 401 g/mol. The lowest BCUT2D eigenvalue weighted by Gasteiger charge is -2.33. The quantitative estimate of drug-likeness (QED) is 0.586. The van der Waals surface area contributed by atoms with Crippen LogP contribution in [0.2, 0.25) is 0 Å². The molecule has 0 radical (unpaired) electrons. The third-order valence-corrected chi connectivity index (χ3v) is 5.23. The van der Waals surface area contributed by atoms with Gasteiger partial charge in [-0.2, -0.15) is 0 Å². The zero-order valence-corrected chi connectivity index (χ0v) is 16.3. The van der Waals surface area contributed by atoms with Crippen molar-refractivity contribution < 1.29 is 9.18 Å². The third-order valence-electron chi connectivity index (χ3n) is 4.62. The summed E-state index contributed by atoms with van der Waals surface area (Å²) in [6.45, 7) is 4.99. The molecule has 2 N–H and O–H groups in total. The highest BCUT2D eigenvalue weighted by Crippen LogP contribution is 2.31. The van der Waals surface area contributed by atoms with Gasteiger partial charge in [0.25, 0.3) is 0 Å². The minimum Gasteiger partial charge on any atom is -0.356 e. The Morgan fingerprint density at radius 1 is 1.35 bits per heavy atom. The average Bonchev–Trinajstić information content (AvgIpc) is 2.61. The molecule has 2 aromatic rings. The number of carbonyl (C=O) groups is 1. The summed E-state index contributed by atoms with van der Waals surface area (Å²) in [4.78, 5) is 22.5. The van der Waals surface area contributed by atoms with E-state index in [1.54, 1.807) is 0 Å². The van der Waals surface area contributed by atoms with Crippen LogP contribution in [0.4, 0.5) is 10.2 Å². The predicted octanol–water partition coefficient (Wildman–Crippen LogP) is 3.50. The fourth-order valence-corrected chi connectivity index (χ4v) is 3.62. The van der Waals surface area contributed by atoms with Gasteiger partial charge in [0.05, 0.1) is 5.52 Å². The van der Waals surface area contributed by atoms with Gasteiger partial charge in [-0.25, -0.2) is 14.4 Å². The summed E-state index contributed by atoms with van der Waals surface area (Å²) in [5.41, 5.74) is 0.676. The van der Waals surface area contributed by atoms with E-state index in [1.807, 2.05) is 13.8 Å². The molecule has 8 heteroatoms. The summed E-state index contributed by atoms with van der Waals surface area (Å²) in [6, 6.07) is 2.84. The van der Waals surface area contributed by atoms with Crippen molar-refractivity contribution >= 4 is 44.4 Å². The molecule has 1 aromatic carbocycles. The monoisotopic (exact) mass is 421 g/mol. The number of amides is 1. The van der Waals surface area contributed by atoms with Crippen molar-refractivity contribution in [1.82, 2.24) is 15.3 Å². The molecule has 1 fully saturated rings. The first-order valence-electron chi connectivity index (χ1n) is 8.61. The van der Waals surface area contributed by atoms with Gasteiger partial charge in [-0.05, 0) is 40.9 Å². The Hall–Kier alpha value is -2.09. The van der Waals surface area contributed by atoms with Crippen molar-refractivity contribution in [2.75, 3.05) is 18.0 Å². The molecule has 2 heterocycles. The Kier molecular flexibility index (Phi) is 5.50. The van der Waals surface area contributed by atoms with Crippen LogP contribution in [0.3, 0.4) is 0 Å². The molecule has 0 unspecified atom stereocenters. The van der Waals surface area contributed by atoms with Crippen LogP contribution in [0.5, 0.6) is 0 Å². The maximum Gasteiger partial charge on any atom is 0.227 e. The highest BCUT2D eigenvalue weighted by Gasteiger charge is 2.26. The standard InChI is InChI=1S/C18H21BrFN5O/c1-10(2)18(26)24-16(21)11-3-5-25(6-4-11)17-13-7-12(20)8-14(19)15(13)22-9-23-17/h7-11H,3-6H2,1-2H3,(H2,21,24,26). The number of aromatic nitrogens is 2. The molecule has 1 aromatic heterocycles. The molecule has 26 heavy (non-hydrogen) atoms. The maximum atomic E-state index is 13.8. The van der Waals surface area contributed by atoms with Crippen molar-refractivity contribution in [2.24, 2.45) is 11.8 Å². The molecule has 1 aliphatic heterocycles. The van der Waals surface area contributed by atoms with Crippen molar-refractivity contribution in [3.05, 3.63) is 28.7 Å². The second-order valence-electron chi connectivity index (χ2n) is 6.80. The average molecular weight is 422 g/mol. The molecule has 0 atom stereocenters. The number of piperidine rings is 1. The Bertz CT molecular complexity index is 849.